The van der Waals surface area contributed by atoms with Crippen molar-refractivity contribution < 1.29 is 17.9 Å². The first-order valence-electron chi connectivity index (χ1n) is 10.1. The highest BCUT2D eigenvalue weighted by Gasteiger charge is 2.59. The number of fused-ring (bicyclic) bond motifs is 1. The number of anilines is 1. The summed E-state index contributed by atoms with van der Waals surface area (Å²) in [6.07, 6.45) is 4.02. The second-order valence-corrected chi connectivity index (χ2v) is 10.6. The standard InChI is InChI=1S/C20H29N3O4S/c1-20(2)17(16-9-12-27-18(16)20)22-19(24)21-14-7-6-8-15(13-14)28(25,26)23-10-4-3-5-11-23/h6-8,13,16-18H,3-5,9-12H2,1-2H3,(H2,21,22,24)/t16-,17-,18-/m1/s1. The van der Waals surface area contributed by atoms with E-state index in [-0.39, 0.29) is 28.5 Å². The number of nitrogens with zero attached hydrogens (tertiary/aromatic N) is 1. The lowest BCUT2D eigenvalue weighted by Gasteiger charge is -2.54. The van der Waals surface area contributed by atoms with Crippen LogP contribution in [0.5, 0.6) is 0 Å². The fraction of sp³-hybridized carbons (Fsp3) is 0.650. The molecule has 3 atom stereocenters. The van der Waals surface area contributed by atoms with Crippen molar-refractivity contribution in [2.45, 2.75) is 56.6 Å². The van der Waals surface area contributed by atoms with Gasteiger partial charge >= 0.3 is 6.03 Å². The van der Waals surface area contributed by atoms with Crippen molar-refractivity contribution >= 4 is 21.7 Å². The van der Waals surface area contributed by atoms with E-state index < -0.39 is 10.0 Å². The zero-order valence-electron chi connectivity index (χ0n) is 16.5. The number of hydrogen-bond acceptors (Lipinski definition) is 4. The summed E-state index contributed by atoms with van der Waals surface area (Å²) in [5.41, 5.74) is 0.379. The minimum absolute atomic E-state index is 0.0558. The van der Waals surface area contributed by atoms with Crippen molar-refractivity contribution in [1.29, 1.82) is 0 Å². The molecule has 4 rings (SSSR count). The van der Waals surface area contributed by atoms with Crippen molar-refractivity contribution in [2.75, 3.05) is 25.0 Å². The fourth-order valence-corrected chi connectivity index (χ4v) is 6.48. The highest BCUT2D eigenvalue weighted by molar-refractivity contribution is 7.89. The summed E-state index contributed by atoms with van der Waals surface area (Å²) >= 11 is 0. The van der Waals surface area contributed by atoms with E-state index in [0.29, 0.717) is 24.7 Å². The van der Waals surface area contributed by atoms with Crippen LogP contribution in [0.3, 0.4) is 0 Å². The Balaban J connectivity index is 1.43. The number of sulfonamides is 1. The van der Waals surface area contributed by atoms with Crippen LogP contribution in [0.25, 0.3) is 0 Å². The molecule has 0 bridgehead atoms. The summed E-state index contributed by atoms with van der Waals surface area (Å²) in [7, 11) is -3.52. The van der Waals surface area contributed by atoms with Gasteiger partial charge in [-0.2, -0.15) is 4.31 Å². The number of hydrogen-bond donors (Lipinski definition) is 2. The van der Waals surface area contributed by atoms with Gasteiger partial charge in [0, 0.05) is 42.8 Å². The predicted molar refractivity (Wildman–Crippen MR) is 107 cm³/mol. The number of carbonyl (C=O) groups is 1. The molecular formula is C20H29N3O4S. The Hall–Kier alpha value is -1.64. The summed E-state index contributed by atoms with van der Waals surface area (Å²) < 4.78 is 33.0. The SMILES string of the molecule is CC1(C)[C@H](NC(=O)Nc2cccc(S(=O)(=O)N3CCCCC3)c2)[C@H]2CCO[C@H]21. The first-order valence-corrected chi connectivity index (χ1v) is 11.5. The normalized spacial score (nSPS) is 29.6. The molecule has 2 N–H and O–H groups in total. The molecule has 0 unspecified atom stereocenters. The number of carbonyl (C=O) groups excluding carboxylic acids is 1. The zero-order chi connectivity index (χ0) is 19.9. The fourth-order valence-electron chi connectivity index (χ4n) is 4.91. The molecule has 2 aliphatic heterocycles. The molecule has 1 aliphatic carbocycles. The number of ether oxygens (including phenoxy) is 1. The Bertz CT molecular complexity index is 849. The Morgan fingerprint density at radius 2 is 1.96 bits per heavy atom. The van der Waals surface area contributed by atoms with Crippen molar-refractivity contribution in [2.24, 2.45) is 11.3 Å². The van der Waals surface area contributed by atoms with E-state index in [0.717, 1.165) is 32.3 Å². The topological polar surface area (TPSA) is 87.7 Å². The molecule has 2 amide bonds. The highest BCUT2D eigenvalue weighted by Crippen LogP contribution is 2.52. The second kappa shape index (κ2) is 7.31. The molecule has 0 aromatic heterocycles. The Morgan fingerprint density at radius 1 is 1.21 bits per heavy atom. The van der Waals surface area contributed by atoms with Gasteiger partial charge in [0.15, 0.2) is 0 Å². The molecule has 3 aliphatic rings. The summed E-state index contributed by atoms with van der Waals surface area (Å²) in [4.78, 5) is 12.8. The van der Waals surface area contributed by atoms with Crippen LogP contribution in [0.1, 0.15) is 39.5 Å². The second-order valence-electron chi connectivity index (χ2n) is 8.63. The average Bonchev–Trinajstić information content (AvgIpc) is 3.14. The van der Waals surface area contributed by atoms with Gasteiger partial charge in [-0.3, -0.25) is 0 Å². The van der Waals surface area contributed by atoms with E-state index in [1.54, 1.807) is 18.2 Å². The van der Waals surface area contributed by atoms with Crippen molar-refractivity contribution in [1.82, 2.24) is 9.62 Å². The van der Waals surface area contributed by atoms with Gasteiger partial charge in [0.25, 0.3) is 0 Å². The minimum atomic E-state index is -3.52. The minimum Gasteiger partial charge on any atom is -0.377 e. The molecule has 0 spiro atoms. The number of urea groups is 1. The smallest absolute Gasteiger partial charge is 0.319 e. The van der Waals surface area contributed by atoms with Gasteiger partial charge in [-0.15, -0.1) is 0 Å². The molecule has 0 radical (unpaired) electrons. The third-order valence-corrected chi connectivity index (χ3v) is 8.33. The van der Waals surface area contributed by atoms with Crippen LogP contribution in [0.4, 0.5) is 10.5 Å². The van der Waals surface area contributed by atoms with E-state index in [4.69, 9.17) is 4.74 Å². The van der Waals surface area contributed by atoms with Crippen LogP contribution in [0.15, 0.2) is 29.2 Å². The lowest BCUT2D eigenvalue weighted by molar-refractivity contribution is -0.107. The molecule has 7 nitrogen and oxygen atoms in total. The van der Waals surface area contributed by atoms with E-state index >= 15 is 0 Å². The van der Waals surface area contributed by atoms with Crippen LogP contribution in [-0.2, 0) is 14.8 Å². The third-order valence-electron chi connectivity index (χ3n) is 6.43. The Labute approximate surface area is 166 Å². The largest absolute Gasteiger partial charge is 0.377 e. The number of benzene rings is 1. The summed E-state index contributed by atoms with van der Waals surface area (Å²) in [5, 5.41) is 5.86. The maximum atomic E-state index is 12.9. The predicted octanol–water partition coefficient (Wildman–Crippen LogP) is 2.80. The monoisotopic (exact) mass is 407 g/mol. The molecule has 1 saturated carbocycles. The van der Waals surface area contributed by atoms with E-state index in [1.165, 1.54) is 10.4 Å². The van der Waals surface area contributed by atoms with E-state index in [2.05, 4.69) is 24.5 Å². The molecule has 1 aromatic rings. The molecule has 154 valence electrons. The van der Waals surface area contributed by atoms with Crippen LogP contribution in [0.2, 0.25) is 0 Å². The van der Waals surface area contributed by atoms with Crippen molar-refractivity contribution in [3.8, 4) is 0 Å². The molecular weight excluding hydrogens is 378 g/mol. The van der Waals surface area contributed by atoms with Gasteiger partial charge in [-0.05, 0) is 37.5 Å². The third kappa shape index (κ3) is 3.42. The average molecular weight is 408 g/mol. The first-order chi connectivity index (χ1) is 13.3. The summed E-state index contributed by atoms with van der Waals surface area (Å²) in [5.74, 6) is 0.353. The maximum Gasteiger partial charge on any atom is 0.319 e. The molecule has 2 heterocycles. The Morgan fingerprint density at radius 3 is 2.71 bits per heavy atom. The first kappa shape index (κ1) is 19.7. The van der Waals surface area contributed by atoms with Crippen LogP contribution in [-0.4, -0.2) is 50.6 Å². The molecule has 28 heavy (non-hydrogen) atoms. The lowest BCUT2D eigenvalue weighted by Crippen LogP contribution is -2.67. The van der Waals surface area contributed by atoms with E-state index in [9.17, 15) is 13.2 Å². The molecule has 2 saturated heterocycles. The van der Waals surface area contributed by atoms with Crippen LogP contribution >= 0.6 is 0 Å². The summed E-state index contributed by atoms with van der Waals surface area (Å²) in [6, 6.07) is 6.25. The number of rotatable bonds is 4. The lowest BCUT2D eigenvalue weighted by atomic mass is 9.57. The molecule has 3 fully saturated rings. The van der Waals surface area contributed by atoms with Gasteiger partial charge in [-0.1, -0.05) is 26.3 Å². The Kier molecular flexibility index (Phi) is 5.14. The molecule has 1 aromatic carbocycles. The maximum absolute atomic E-state index is 12.9. The number of amides is 2. The van der Waals surface area contributed by atoms with Gasteiger partial charge in [0.1, 0.15) is 0 Å². The van der Waals surface area contributed by atoms with Crippen molar-refractivity contribution in [3.63, 3.8) is 0 Å². The quantitative estimate of drug-likeness (QED) is 0.803. The van der Waals surface area contributed by atoms with E-state index in [1.807, 2.05) is 0 Å². The van der Waals surface area contributed by atoms with Crippen molar-refractivity contribution in [3.05, 3.63) is 24.3 Å². The molecule has 8 heteroatoms. The van der Waals surface area contributed by atoms with Gasteiger partial charge in [0.2, 0.25) is 10.0 Å². The number of piperidine rings is 1. The summed E-state index contributed by atoms with van der Waals surface area (Å²) in [6.45, 7) is 6.07. The van der Waals surface area contributed by atoms with Gasteiger partial charge < -0.3 is 15.4 Å². The highest BCUT2D eigenvalue weighted by atomic mass is 32.2. The van der Waals surface area contributed by atoms with Crippen LogP contribution in [0, 0.1) is 11.3 Å². The zero-order valence-corrected chi connectivity index (χ0v) is 17.3. The van der Waals surface area contributed by atoms with Gasteiger partial charge in [-0.25, -0.2) is 13.2 Å². The van der Waals surface area contributed by atoms with Gasteiger partial charge in [0.05, 0.1) is 11.0 Å². The number of nitrogens with one attached hydrogen (secondary N) is 2. The van der Waals surface area contributed by atoms with Crippen LogP contribution < -0.4 is 10.6 Å².